The van der Waals surface area contributed by atoms with Crippen LogP contribution in [0, 0.1) is 5.92 Å². The van der Waals surface area contributed by atoms with Crippen LogP contribution in [0.25, 0.3) is 16.8 Å². The maximum atomic E-state index is 13.2. The molecule has 1 N–H and O–H groups in total. The molecular formula is C30H33N5O3. The van der Waals surface area contributed by atoms with Crippen molar-refractivity contribution in [1.82, 2.24) is 19.3 Å². The van der Waals surface area contributed by atoms with Gasteiger partial charge in [-0.2, -0.15) is 5.10 Å². The largest absolute Gasteiger partial charge is 0.381 e. The lowest BCUT2D eigenvalue weighted by atomic mass is 9.99. The summed E-state index contributed by atoms with van der Waals surface area (Å²) in [6, 6.07) is 17.3. The van der Waals surface area contributed by atoms with Crippen LogP contribution in [0.1, 0.15) is 48.2 Å². The van der Waals surface area contributed by atoms with E-state index < -0.39 is 0 Å². The molecule has 1 saturated heterocycles. The Hall–Kier alpha value is -4.04. The molecule has 5 rings (SSSR count). The third kappa shape index (κ3) is 6.44. The average Bonchev–Trinajstić information content (AvgIpc) is 3.70. The molecule has 0 bridgehead atoms. The second kappa shape index (κ2) is 12.0. The first kappa shape index (κ1) is 25.6. The minimum Gasteiger partial charge on any atom is -0.381 e. The summed E-state index contributed by atoms with van der Waals surface area (Å²) in [4.78, 5) is 30.4. The Morgan fingerprint density at radius 2 is 1.92 bits per heavy atom. The summed E-state index contributed by atoms with van der Waals surface area (Å²) < 4.78 is 9.03. The summed E-state index contributed by atoms with van der Waals surface area (Å²) in [6.07, 6.45) is 10.2. The molecule has 0 aliphatic carbocycles. The number of hydrogen-bond donors (Lipinski definition) is 1. The van der Waals surface area contributed by atoms with E-state index in [1.165, 1.54) is 0 Å². The number of imidazole rings is 1. The van der Waals surface area contributed by atoms with E-state index in [1.807, 2.05) is 72.5 Å². The Morgan fingerprint density at radius 3 is 2.68 bits per heavy atom. The predicted octanol–water partition coefficient (Wildman–Crippen LogP) is 5.23. The highest BCUT2D eigenvalue weighted by atomic mass is 16.5. The molecule has 2 aromatic carbocycles. The lowest BCUT2D eigenvalue weighted by molar-refractivity contribution is -0.119. The van der Waals surface area contributed by atoms with Crippen LogP contribution in [0.5, 0.6) is 0 Å². The molecule has 1 atom stereocenters. The number of ketones is 1. The first-order valence-electron chi connectivity index (χ1n) is 13.2. The monoisotopic (exact) mass is 511 g/mol. The summed E-state index contributed by atoms with van der Waals surface area (Å²) in [6.45, 7) is 1.60. The quantitative estimate of drug-likeness (QED) is 0.298. The Morgan fingerprint density at radius 1 is 1.05 bits per heavy atom. The van der Waals surface area contributed by atoms with Crippen molar-refractivity contribution in [1.29, 1.82) is 0 Å². The van der Waals surface area contributed by atoms with Crippen LogP contribution in [0.15, 0.2) is 73.2 Å². The van der Waals surface area contributed by atoms with Crippen LogP contribution in [0.2, 0.25) is 0 Å². The van der Waals surface area contributed by atoms with Crippen molar-refractivity contribution in [2.75, 3.05) is 18.5 Å². The van der Waals surface area contributed by atoms with E-state index in [4.69, 9.17) is 9.72 Å². The standard InChI is InChI=1S/C30H33N5O3/c1-34-19-25(18-31-34)23-7-5-8-24(17-23)29(37)33-30-32-26(20-35(30)27-10-3-2-4-11-27)9-6-12-28(36)14-13-22-15-16-38-21-22/h2-5,7-8,10-11,17-20,22H,6,9,12-16,21H2,1H3,(H,32,33,37). The Kier molecular flexibility index (Phi) is 8.09. The van der Waals surface area contributed by atoms with Crippen LogP contribution < -0.4 is 5.32 Å². The summed E-state index contributed by atoms with van der Waals surface area (Å²) in [5.74, 6) is 1.03. The zero-order valence-corrected chi connectivity index (χ0v) is 21.7. The maximum absolute atomic E-state index is 13.2. The third-order valence-corrected chi connectivity index (χ3v) is 6.92. The van der Waals surface area contributed by atoms with Gasteiger partial charge in [0.05, 0.1) is 11.9 Å². The predicted molar refractivity (Wildman–Crippen MR) is 146 cm³/mol. The highest BCUT2D eigenvalue weighted by Crippen LogP contribution is 2.23. The molecule has 1 fully saturated rings. The molecule has 38 heavy (non-hydrogen) atoms. The lowest BCUT2D eigenvalue weighted by Crippen LogP contribution is -2.15. The molecular weight excluding hydrogens is 478 g/mol. The first-order chi connectivity index (χ1) is 18.5. The highest BCUT2D eigenvalue weighted by molar-refractivity contribution is 6.04. The number of carbonyl (C=O) groups excluding carboxylic acids is 2. The van der Waals surface area contributed by atoms with Crippen molar-refractivity contribution in [3.8, 4) is 16.8 Å². The van der Waals surface area contributed by atoms with Gasteiger partial charge in [0, 0.05) is 62.3 Å². The molecule has 0 saturated carbocycles. The Bertz CT molecular complexity index is 1390. The van der Waals surface area contributed by atoms with Gasteiger partial charge < -0.3 is 4.74 Å². The fraction of sp³-hybridized carbons (Fsp3) is 0.333. The normalized spacial score (nSPS) is 15.0. The van der Waals surface area contributed by atoms with Gasteiger partial charge in [-0.1, -0.05) is 30.3 Å². The van der Waals surface area contributed by atoms with Gasteiger partial charge in [0.2, 0.25) is 5.95 Å². The molecule has 0 spiro atoms. The van der Waals surface area contributed by atoms with Crippen molar-refractivity contribution in [3.05, 3.63) is 84.4 Å². The van der Waals surface area contributed by atoms with Crippen LogP contribution in [-0.4, -0.2) is 44.2 Å². The van der Waals surface area contributed by atoms with Crippen molar-refractivity contribution in [2.24, 2.45) is 13.0 Å². The van der Waals surface area contributed by atoms with Crippen LogP contribution in [0.4, 0.5) is 5.95 Å². The molecule has 1 amide bonds. The minimum absolute atomic E-state index is 0.240. The SMILES string of the molecule is Cn1cc(-c2cccc(C(=O)Nc3nc(CCCC(=O)CCC4CCOC4)cn3-c3ccccc3)c2)cn1. The van der Waals surface area contributed by atoms with E-state index in [9.17, 15) is 9.59 Å². The first-order valence-corrected chi connectivity index (χ1v) is 13.2. The van der Waals surface area contributed by atoms with Gasteiger partial charge >= 0.3 is 0 Å². The number of nitrogens with one attached hydrogen (secondary N) is 1. The molecule has 0 radical (unpaired) electrons. The number of carbonyl (C=O) groups is 2. The zero-order valence-electron chi connectivity index (χ0n) is 21.7. The third-order valence-electron chi connectivity index (χ3n) is 6.92. The number of aromatic nitrogens is 4. The van der Waals surface area contributed by atoms with E-state index in [-0.39, 0.29) is 5.91 Å². The molecule has 3 heterocycles. The van der Waals surface area contributed by atoms with Crippen LogP contribution in [-0.2, 0) is 23.0 Å². The number of ether oxygens (including phenoxy) is 1. The van der Waals surface area contributed by atoms with Crippen molar-refractivity contribution in [3.63, 3.8) is 0 Å². The summed E-state index contributed by atoms with van der Waals surface area (Å²) in [5.41, 5.74) is 4.14. The topological polar surface area (TPSA) is 91.0 Å². The number of hydrogen-bond acceptors (Lipinski definition) is 5. The van der Waals surface area contributed by atoms with Crippen molar-refractivity contribution >= 4 is 17.6 Å². The van der Waals surface area contributed by atoms with Gasteiger partial charge in [-0.25, -0.2) is 4.98 Å². The van der Waals surface area contributed by atoms with Crippen molar-refractivity contribution in [2.45, 2.75) is 38.5 Å². The molecule has 4 aromatic rings. The van der Waals surface area contributed by atoms with Gasteiger partial charge in [0.1, 0.15) is 5.78 Å². The van der Waals surface area contributed by atoms with E-state index >= 15 is 0 Å². The number of rotatable bonds is 11. The summed E-state index contributed by atoms with van der Waals surface area (Å²) in [5, 5.41) is 7.22. The van der Waals surface area contributed by atoms with Gasteiger partial charge in [-0.05, 0) is 61.4 Å². The molecule has 2 aromatic heterocycles. The second-order valence-electron chi connectivity index (χ2n) is 9.86. The minimum atomic E-state index is -0.240. The number of anilines is 1. The number of amides is 1. The van der Waals surface area contributed by atoms with Gasteiger partial charge in [-0.3, -0.25) is 24.2 Å². The smallest absolute Gasteiger partial charge is 0.258 e. The Balaban J connectivity index is 1.26. The number of Topliss-reactive ketones (excluding diaryl/α,β-unsaturated/α-hetero) is 1. The van der Waals surface area contributed by atoms with E-state index in [0.29, 0.717) is 42.5 Å². The number of para-hydroxylation sites is 1. The van der Waals surface area contributed by atoms with Gasteiger partial charge in [0.15, 0.2) is 0 Å². The molecule has 8 nitrogen and oxygen atoms in total. The summed E-state index contributed by atoms with van der Waals surface area (Å²) >= 11 is 0. The lowest BCUT2D eigenvalue weighted by Gasteiger charge is -2.09. The van der Waals surface area contributed by atoms with Crippen molar-refractivity contribution < 1.29 is 14.3 Å². The molecule has 1 unspecified atom stereocenters. The average molecular weight is 512 g/mol. The van der Waals surface area contributed by atoms with Gasteiger partial charge in [0.25, 0.3) is 5.91 Å². The maximum Gasteiger partial charge on any atom is 0.258 e. The van der Waals surface area contributed by atoms with Crippen LogP contribution >= 0.6 is 0 Å². The van der Waals surface area contributed by atoms with Gasteiger partial charge in [-0.15, -0.1) is 0 Å². The molecule has 1 aliphatic heterocycles. The van der Waals surface area contributed by atoms with Crippen LogP contribution in [0.3, 0.4) is 0 Å². The number of benzene rings is 2. The fourth-order valence-electron chi connectivity index (χ4n) is 4.77. The highest BCUT2D eigenvalue weighted by Gasteiger charge is 2.18. The number of aryl methyl sites for hydroxylation is 2. The van der Waals surface area contributed by atoms with E-state index in [0.717, 1.165) is 55.0 Å². The van der Waals surface area contributed by atoms with E-state index in [2.05, 4.69) is 10.4 Å². The summed E-state index contributed by atoms with van der Waals surface area (Å²) in [7, 11) is 1.86. The zero-order chi connectivity index (χ0) is 26.3. The second-order valence-corrected chi connectivity index (χ2v) is 9.86. The fourth-order valence-corrected chi connectivity index (χ4v) is 4.77. The number of nitrogens with zero attached hydrogens (tertiary/aromatic N) is 4. The molecule has 1 aliphatic rings. The molecule has 196 valence electrons. The van der Waals surface area contributed by atoms with E-state index in [1.54, 1.807) is 16.9 Å². The molecule has 8 heteroatoms. The Labute approximate surface area is 222 Å².